The van der Waals surface area contributed by atoms with Crippen molar-refractivity contribution in [2.45, 2.75) is 102 Å². The van der Waals surface area contributed by atoms with Crippen LogP contribution in [0.1, 0.15) is 72.5 Å². The summed E-state index contributed by atoms with van der Waals surface area (Å²) in [6, 6.07) is 7.03. The fraction of sp³-hybridized carbons (Fsp3) is 0.611. The maximum atomic E-state index is 14.8. The second-order valence-electron chi connectivity index (χ2n) is 14.2. The number of esters is 1. The monoisotopic (exact) mass is 635 g/mol. The van der Waals surface area contributed by atoms with Crippen molar-refractivity contribution in [3.05, 3.63) is 60.2 Å². The van der Waals surface area contributed by atoms with Gasteiger partial charge < -0.3 is 29.3 Å². The molecule has 10 nitrogen and oxygen atoms in total. The molecule has 4 aliphatic rings. The van der Waals surface area contributed by atoms with Gasteiger partial charge in [-0.1, -0.05) is 74.9 Å². The number of carbonyl (C=O) groups is 4. The Morgan fingerprint density at radius 3 is 2.39 bits per heavy atom. The van der Waals surface area contributed by atoms with Gasteiger partial charge in [0.25, 0.3) is 0 Å². The first kappa shape index (κ1) is 33.9. The van der Waals surface area contributed by atoms with Gasteiger partial charge >= 0.3 is 5.97 Å². The van der Waals surface area contributed by atoms with Gasteiger partial charge in [-0.15, -0.1) is 0 Å². The Bertz CT molecular complexity index is 1390. The molecular formula is C36H49N3O7. The van der Waals surface area contributed by atoms with E-state index in [1.807, 2.05) is 84.0 Å². The second-order valence-corrected chi connectivity index (χ2v) is 14.2. The second kappa shape index (κ2) is 13.0. The zero-order chi connectivity index (χ0) is 33.6. The number of likely N-dealkylation sites (N-methyl/N-ethyl adjacent to an activating group) is 1. The molecule has 10 heteroatoms. The minimum absolute atomic E-state index is 0.0997. The number of fused-ring (bicyclic) bond motifs is 2. The lowest BCUT2D eigenvalue weighted by Gasteiger charge is -2.44. The summed E-state index contributed by atoms with van der Waals surface area (Å²) in [5, 5.41) is 10.7. The number of ether oxygens (including phenoxy) is 2. The summed E-state index contributed by atoms with van der Waals surface area (Å²) < 4.78 is 12.9. The van der Waals surface area contributed by atoms with E-state index in [4.69, 9.17) is 9.47 Å². The Morgan fingerprint density at radius 1 is 1.07 bits per heavy atom. The van der Waals surface area contributed by atoms with E-state index in [-0.39, 0.29) is 37.3 Å². The zero-order valence-corrected chi connectivity index (χ0v) is 28.1. The van der Waals surface area contributed by atoms with E-state index in [9.17, 15) is 24.3 Å². The number of hydrogen-bond donors (Lipinski definition) is 1. The highest BCUT2D eigenvalue weighted by Gasteiger charge is 2.74. The molecule has 3 amide bonds. The van der Waals surface area contributed by atoms with Crippen molar-refractivity contribution in [2.75, 3.05) is 20.2 Å². The minimum Gasteiger partial charge on any atom is -0.455 e. The van der Waals surface area contributed by atoms with Gasteiger partial charge in [0.15, 0.2) is 0 Å². The number of allylic oxidation sites excluding steroid dienone is 1. The number of benzene rings is 1. The summed E-state index contributed by atoms with van der Waals surface area (Å²) in [7, 11) is 1.71. The fourth-order valence-corrected chi connectivity index (χ4v) is 7.57. The third-order valence-electron chi connectivity index (χ3n) is 10.5. The highest BCUT2D eigenvalue weighted by molar-refractivity contribution is 5.99. The number of hydrogen-bond acceptors (Lipinski definition) is 7. The number of nitrogens with zero attached hydrogens (tertiary/aromatic N) is 3. The standard InChI is InChI=1S/C36H49N3O7/c1-8-22(2)25(21-40)39-31-33(43)38(35(4,5)6)20-14-10-13-17-27(41)37(7)23(3)30(24-15-11-9-12-16-24)45-34(44)28-26-18-19-36(31,46-26)29(28)32(39)42/h9-12,14-16,18-19,22-23,25-26,28-31,40H,8,13,17,20-21H2,1-7H3/b14-10-/t22-,23-,25-,26+,28-,29-,30+,31+,36-/m0/s1. The van der Waals surface area contributed by atoms with Crippen LogP contribution < -0.4 is 0 Å². The van der Waals surface area contributed by atoms with Crippen LogP contribution in [0.3, 0.4) is 0 Å². The lowest BCUT2D eigenvalue weighted by molar-refractivity contribution is -0.165. The van der Waals surface area contributed by atoms with Crippen molar-refractivity contribution < 1.29 is 33.8 Å². The van der Waals surface area contributed by atoms with Gasteiger partial charge in [-0.25, -0.2) is 0 Å². The number of aliphatic hydroxyl groups excluding tert-OH is 1. The van der Waals surface area contributed by atoms with Crippen LogP contribution in [0, 0.1) is 17.8 Å². The van der Waals surface area contributed by atoms with Gasteiger partial charge in [-0.2, -0.15) is 0 Å². The Kier molecular flexibility index (Phi) is 9.53. The number of carbonyl (C=O) groups excluding carboxylic acids is 4. The van der Waals surface area contributed by atoms with Crippen LogP contribution in [0.5, 0.6) is 0 Å². The zero-order valence-electron chi connectivity index (χ0n) is 28.1. The maximum absolute atomic E-state index is 14.8. The smallest absolute Gasteiger partial charge is 0.313 e. The molecule has 9 atom stereocenters. The summed E-state index contributed by atoms with van der Waals surface area (Å²) in [6.07, 6.45) is 7.16. The molecule has 0 aliphatic carbocycles. The summed E-state index contributed by atoms with van der Waals surface area (Å²) in [4.78, 5) is 61.9. The van der Waals surface area contributed by atoms with Crippen LogP contribution in [-0.2, 0) is 28.7 Å². The van der Waals surface area contributed by atoms with Crippen LogP contribution in [-0.4, -0.2) is 99.1 Å². The molecule has 5 rings (SSSR count). The first-order valence-electron chi connectivity index (χ1n) is 16.6. The van der Waals surface area contributed by atoms with Crippen LogP contribution in [0.15, 0.2) is 54.6 Å². The first-order valence-corrected chi connectivity index (χ1v) is 16.6. The van der Waals surface area contributed by atoms with Gasteiger partial charge in [0, 0.05) is 25.6 Å². The lowest BCUT2D eigenvalue weighted by Crippen LogP contribution is -2.62. The molecular weight excluding hydrogens is 586 g/mol. The number of likely N-dealkylation sites (tertiary alicyclic amines) is 1. The Hall–Kier alpha value is -3.50. The van der Waals surface area contributed by atoms with E-state index < -0.39 is 65.2 Å². The van der Waals surface area contributed by atoms with E-state index >= 15 is 0 Å². The average molecular weight is 636 g/mol. The predicted octanol–water partition coefficient (Wildman–Crippen LogP) is 3.65. The lowest BCUT2D eigenvalue weighted by atomic mass is 9.74. The highest BCUT2D eigenvalue weighted by Crippen LogP contribution is 2.57. The number of aliphatic hydroxyl groups is 1. The average Bonchev–Trinajstić information content (AvgIpc) is 3.67. The van der Waals surface area contributed by atoms with Crippen LogP contribution in [0.2, 0.25) is 0 Å². The molecule has 5 bridgehead atoms. The van der Waals surface area contributed by atoms with Crippen molar-refractivity contribution in [1.29, 1.82) is 0 Å². The topological polar surface area (TPSA) is 117 Å². The van der Waals surface area contributed by atoms with E-state index in [1.54, 1.807) is 29.0 Å². The quantitative estimate of drug-likeness (QED) is 0.388. The van der Waals surface area contributed by atoms with E-state index in [2.05, 4.69) is 0 Å². The van der Waals surface area contributed by atoms with Gasteiger partial charge in [-0.3, -0.25) is 19.2 Å². The minimum atomic E-state index is -1.40. The molecule has 1 aromatic carbocycles. The van der Waals surface area contributed by atoms with Gasteiger partial charge in [0.05, 0.1) is 30.7 Å². The first-order chi connectivity index (χ1) is 21.8. The molecule has 2 fully saturated rings. The Balaban J connectivity index is 1.65. The third-order valence-corrected chi connectivity index (χ3v) is 10.5. The molecule has 0 saturated carbocycles. The van der Waals surface area contributed by atoms with Crippen molar-refractivity contribution in [3.8, 4) is 0 Å². The van der Waals surface area contributed by atoms with Crippen molar-refractivity contribution in [2.24, 2.45) is 17.8 Å². The molecule has 0 unspecified atom stereocenters. The number of amides is 3. The van der Waals surface area contributed by atoms with Crippen molar-refractivity contribution in [3.63, 3.8) is 0 Å². The molecule has 0 radical (unpaired) electrons. The number of cyclic esters (lactones) is 1. The maximum Gasteiger partial charge on any atom is 0.313 e. The summed E-state index contributed by atoms with van der Waals surface area (Å²) >= 11 is 0. The van der Waals surface area contributed by atoms with Crippen molar-refractivity contribution >= 4 is 23.7 Å². The third kappa shape index (κ3) is 5.68. The predicted molar refractivity (Wildman–Crippen MR) is 172 cm³/mol. The SMILES string of the molecule is CC[C@H](C)[C@H](CO)N1C(=O)[C@@H]2[C@H]3C(=O)O[C@@H](c4ccccc4)[C@H](C)N(C)C(=O)CC/C=C\CN(C(C)(C)C)C(=O)[C@@H]1[C@]21C=C[C@H]3O1. The van der Waals surface area contributed by atoms with Crippen LogP contribution in [0.4, 0.5) is 0 Å². The summed E-state index contributed by atoms with van der Waals surface area (Å²) in [5.74, 6) is -3.57. The van der Waals surface area contributed by atoms with E-state index in [0.29, 0.717) is 12.8 Å². The Morgan fingerprint density at radius 2 is 1.76 bits per heavy atom. The fourth-order valence-electron chi connectivity index (χ4n) is 7.57. The molecule has 2 saturated heterocycles. The molecule has 1 spiro atoms. The van der Waals surface area contributed by atoms with Gasteiger partial charge in [-0.05, 0) is 45.6 Å². The van der Waals surface area contributed by atoms with Crippen LogP contribution >= 0.6 is 0 Å². The summed E-state index contributed by atoms with van der Waals surface area (Å²) in [6.45, 7) is 11.5. The largest absolute Gasteiger partial charge is 0.455 e. The summed E-state index contributed by atoms with van der Waals surface area (Å²) in [5.41, 5.74) is -1.31. The van der Waals surface area contributed by atoms with Crippen LogP contribution in [0.25, 0.3) is 0 Å². The normalized spacial score (nSPS) is 34.1. The highest BCUT2D eigenvalue weighted by atomic mass is 16.6. The molecule has 1 aromatic rings. The number of rotatable bonds is 5. The Labute approximate surface area is 272 Å². The van der Waals surface area contributed by atoms with Gasteiger partial charge in [0.2, 0.25) is 17.7 Å². The van der Waals surface area contributed by atoms with Crippen molar-refractivity contribution in [1.82, 2.24) is 14.7 Å². The molecule has 250 valence electrons. The molecule has 4 heterocycles. The van der Waals surface area contributed by atoms with E-state index in [1.165, 1.54) is 4.90 Å². The van der Waals surface area contributed by atoms with E-state index in [0.717, 1.165) is 5.56 Å². The molecule has 0 aromatic heterocycles. The molecule has 4 aliphatic heterocycles. The molecule has 46 heavy (non-hydrogen) atoms. The molecule has 1 N–H and O–H groups in total. The van der Waals surface area contributed by atoms with Gasteiger partial charge in [0.1, 0.15) is 23.7 Å².